The normalized spacial score (nSPS) is 30.4. The average molecular weight is 759 g/mol. The van der Waals surface area contributed by atoms with Gasteiger partial charge in [0.1, 0.15) is 15.7 Å². The molecule has 3 aromatic rings. The van der Waals surface area contributed by atoms with Crippen molar-refractivity contribution in [2.75, 3.05) is 37.5 Å². The number of anilines is 1. The molecule has 1 saturated carbocycles. The van der Waals surface area contributed by atoms with Crippen LogP contribution in [0.2, 0.25) is 5.02 Å². The largest absolute Gasteiger partial charge is 0.490 e. The molecular weight excluding hydrogens is 712 g/mol. The van der Waals surface area contributed by atoms with Crippen LogP contribution in [-0.4, -0.2) is 65.2 Å². The summed E-state index contributed by atoms with van der Waals surface area (Å²) < 4.78 is 35.8. The van der Waals surface area contributed by atoms with Gasteiger partial charge < -0.3 is 14.4 Å². The number of allylic oxidation sites excluding steroid dienone is 1. The summed E-state index contributed by atoms with van der Waals surface area (Å²) in [5.41, 5.74) is 4.29. The van der Waals surface area contributed by atoms with Crippen LogP contribution in [0.4, 0.5) is 5.69 Å². The van der Waals surface area contributed by atoms with E-state index in [1.54, 1.807) is 19.2 Å². The predicted octanol–water partition coefficient (Wildman–Crippen LogP) is 7.18. The van der Waals surface area contributed by atoms with E-state index in [1.165, 1.54) is 21.9 Å². The van der Waals surface area contributed by atoms with E-state index in [0.29, 0.717) is 56.4 Å². The zero-order valence-electron chi connectivity index (χ0n) is 30.4. The molecule has 12 heteroatoms. The molecule has 5 aliphatic rings. The number of halogens is 1. The first-order valence-corrected chi connectivity index (χ1v) is 21.0. The minimum atomic E-state index is -3.59. The first-order chi connectivity index (χ1) is 25.5. The number of carbonyl (C=O) groups excluding carboxylic acids is 3. The zero-order chi connectivity index (χ0) is 36.9. The Hall–Kier alpha value is -3.93. The lowest BCUT2D eigenvalue weighted by atomic mass is 9.68. The Bertz CT molecular complexity index is 2120. The number of nitrogens with one attached hydrogen (secondary N) is 1. The van der Waals surface area contributed by atoms with Crippen LogP contribution in [0.3, 0.4) is 0 Å². The quantitative estimate of drug-likeness (QED) is 0.281. The number of ether oxygens (including phenoxy) is 2. The number of fused-ring (bicyclic) bond motifs is 5. The van der Waals surface area contributed by atoms with Gasteiger partial charge in [-0.3, -0.25) is 23.7 Å². The van der Waals surface area contributed by atoms with Crippen LogP contribution in [0.25, 0.3) is 0 Å². The number of methoxy groups -OCH3 is 1. The second-order valence-corrected chi connectivity index (χ2v) is 18.2. The SMILES string of the molecule is CO[C@H]1/C=C/C[C@H](C)CS(=O)(NC(=O)c2cc3n(c2)C(=O)CCC3)=NC(=O)c2ccc3c(c2)N(C[C@@H]2CC[C@H]21)C[C@@]1(CCCc2cc(Cl)ccc21)CO3. The lowest BCUT2D eigenvalue weighted by Gasteiger charge is -2.46. The number of hydrogen-bond acceptors (Lipinski definition) is 7. The van der Waals surface area contributed by atoms with E-state index in [9.17, 15) is 18.6 Å². The van der Waals surface area contributed by atoms with Crippen molar-refractivity contribution in [2.45, 2.75) is 76.2 Å². The third-order valence-electron chi connectivity index (χ3n) is 12.0. The Morgan fingerprint density at radius 3 is 2.75 bits per heavy atom. The van der Waals surface area contributed by atoms with Gasteiger partial charge in [0.15, 0.2) is 0 Å². The fourth-order valence-electron chi connectivity index (χ4n) is 9.17. The molecule has 53 heavy (non-hydrogen) atoms. The highest BCUT2D eigenvalue weighted by molar-refractivity contribution is 7.92. The van der Waals surface area contributed by atoms with Gasteiger partial charge in [0.2, 0.25) is 5.91 Å². The summed E-state index contributed by atoms with van der Waals surface area (Å²) in [6, 6.07) is 13.2. The molecule has 1 unspecified atom stereocenters. The molecule has 2 bridgehead atoms. The van der Waals surface area contributed by atoms with E-state index in [4.69, 9.17) is 21.1 Å². The maximum absolute atomic E-state index is 14.7. The highest BCUT2D eigenvalue weighted by Crippen LogP contribution is 2.47. The number of nitrogens with zero attached hydrogens (tertiary/aromatic N) is 3. The summed E-state index contributed by atoms with van der Waals surface area (Å²) in [6.07, 6.45) is 13.0. The maximum Gasteiger partial charge on any atom is 0.286 e. The number of rotatable bonds is 3. The molecule has 10 nitrogen and oxygen atoms in total. The van der Waals surface area contributed by atoms with Gasteiger partial charge >= 0.3 is 0 Å². The van der Waals surface area contributed by atoms with Crippen molar-refractivity contribution in [1.29, 1.82) is 0 Å². The van der Waals surface area contributed by atoms with Gasteiger partial charge in [-0.05, 0) is 117 Å². The average Bonchev–Trinajstić information content (AvgIpc) is 3.51. The molecule has 2 aromatic carbocycles. The number of hydrogen-bond donors (Lipinski definition) is 1. The Balaban J connectivity index is 1.18. The molecule has 3 aliphatic heterocycles. The van der Waals surface area contributed by atoms with E-state index in [2.05, 4.69) is 38.3 Å². The van der Waals surface area contributed by atoms with Crippen LogP contribution < -0.4 is 14.4 Å². The fourth-order valence-corrected chi connectivity index (χ4v) is 11.3. The van der Waals surface area contributed by atoms with Crippen molar-refractivity contribution in [3.63, 3.8) is 0 Å². The summed E-state index contributed by atoms with van der Waals surface area (Å²) in [4.78, 5) is 42.6. The van der Waals surface area contributed by atoms with Crippen LogP contribution in [0.1, 0.15) is 94.2 Å². The molecule has 280 valence electrons. The smallest absolute Gasteiger partial charge is 0.286 e. The number of carbonyl (C=O) groups is 3. The lowest BCUT2D eigenvalue weighted by molar-refractivity contribution is 0.0131. The number of benzene rings is 2. The molecule has 2 aliphatic carbocycles. The van der Waals surface area contributed by atoms with Crippen molar-refractivity contribution in [2.24, 2.45) is 22.1 Å². The number of aromatic nitrogens is 1. The molecule has 0 saturated heterocycles. The molecule has 0 radical (unpaired) electrons. The summed E-state index contributed by atoms with van der Waals surface area (Å²) in [7, 11) is -1.84. The fraction of sp³-hybridized carbons (Fsp3) is 0.488. The van der Waals surface area contributed by atoms with Gasteiger partial charge in [0, 0.05) is 54.5 Å². The van der Waals surface area contributed by atoms with Gasteiger partial charge in [-0.15, -0.1) is 4.36 Å². The van der Waals surface area contributed by atoms with Gasteiger partial charge in [-0.2, -0.15) is 0 Å². The van der Waals surface area contributed by atoms with Crippen molar-refractivity contribution in [1.82, 2.24) is 9.29 Å². The Kier molecular flexibility index (Phi) is 9.78. The van der Waals surface area contributed by atoms with E-state index in [0.717, 1.165) is 55.1 Å². The molecule has 6 atom stereocenters. The van der Waals surface area contributed by atoms with Crippen molar-refractivity contribution in [3.05, 3.63) is 93.8 Å². The van der Waals surface area contributed by atoms with Crippen LogP contribution in [-0.2, 0) is 32.9 Å². The van der Waals surface area contributed by atoms with Crippen LogP contribution >= 0.6 is 11.6 Å². The van der Waals surface area contributed by atoms with Gasteiger partial charge in [0.25, 0.3) is 11.8 Å². The Morgan fingerprint density at radius 1 is 1.09 bits per heavy atom. The molecule has 1 spiro atoms. The summed E-state index contributed by atoms with van der Waals surface area (Å²) in [5.74, 6) is -0.199. The van der Waals surface area contributed by atoms with Crippen LogP contribution in [0.5, 0.6) is 5.75 Å². The van der Waals surface area contributed by atoms with E-state index in [1.807, 2.05) is 25.1 Å². The standard InChI is InChI=1S/C41H47ClN4O6S/c1-26-6-3-9-36(51-2)33-14-11-29(33)21-45-24-41(17-5-7-27-18-31(42)13-15-34(27)41)25-52-37-16-12-28(20-35(37)45)39(48)43-53(50,23-26)44-40(49)30-19-32-8-4-10-38(47)46(32)22-30/h3,9,12-13,15-16,18-20,22,26,29,33,36H,4-8,10-11,14,17,21,23-25H2,1-2H3,(H,43,44,48,49,50)/b9-3+/t26-,29-,33+,36-,41-,53?/m0/s1. The number of aryl methyl sites for hydroxylation is 2. The van der Waals surface area contributed by atoms with E-state index in [-0.39, 0.29) is 40.2 Å². The highest BCUT2D eigenvalue weighted by atomic mass is 35.5. The molecule has 8 rings (SSSR count). The van der Waals surface area contributed by atoms with Gasteiger partial charge in [-0.25, -0.2) is 4.21 Å². The minimum Gasteiger partial charge on any atom is -0.490 e. The first-order valence-electron chi connectivity index (χ1n) is 18.9. The summed E-state index contributed by atoms with van der Waals surface area (Å²) in [6.45, 7) is 3.90. The third kappa shape index (κ3) is 7.08. The van der Waals surface area contributed by atoms with Crippen molar-refractivity contribution >= 4 is 44.9 Å². The van der Waals surface area contributed by atoms with Crippen LogP contribution in [0, 0.1) is 17.8 Å². The number of amides is 2. The minimum absolute atomic E-state index is 0.0306. The van der Waals surface area contributed by atoms with Crippen molar-refractivity contribution in [3.8, 4) is 5.75 Å². The Morgan fingerprint density at radius 2 is 1.96 bits per heavy atom. The van der Waals surface area contributed by atoms with Gasteiger partial charge in [-0.1, -0.05) is 36.7 Å². The van der Waals surface area contributed by atoms with Gasteiger partial charge in [0.05, 0.1) is 29.7 Å². The molecular formula is C41H47ClN4O6S. The third-order valence-corrected chi connectivity index (χ3v) is 14.2. The topological polar surface area (TPSA) is 119 Å². The summed E-state index contributed by atoms with van der Waals surface area (Å²) in [5, 5.41) is 0.733. The Labute approximate surface area is 316 Å². The predicted molar refractivity (Wildman–Crippen MR) is 205 cm³/mol. The second-order valence-electron chi connectivity index (χ2n) is 15.7. The maximum atomic E-state index is 14.7. The van der Waals surface area contributed by atoms with Crippen LogP contribution in [0.15, 0.2) is 65.2 Å². The molecule has 1 fully saturated rings. The molecule has 2 amide bonds. The zero-order valence-corrected chi connectivity index (χ0v) is 31.9. The molecule has 1 N–H and O–H groups in total. The van der Waals surface area contributed by atoms with E-state index >= 15 is 0 Å². The first kappa shape index (κ1) is 36.1. The molecule has 4 heterocycles. The highest BCUT2D eigenvalue weighted by Gasteiger charge is 2.44. The summed E-state index contributed by atoms with van der Waals surface area (Å²) >= 11 is 6.46. The second kappa shape index (κ2) is 14.4. The van der Waals surface area contributed by atoms with E-state index < -0.39 is 21.7 Å². The lowest BCUT2D eigenvalue weighted by Crippen LogP contribution is -2.49. The van der Waals surface area contributed by atoms with Crippen molar-refractivity contribution < 1.29 is 28.1 Å². The molecule has 1 aromatic heterocycles. The monoisotopic (exact) mass is 758 g/mol.